The second-order valence-corrected chi connectivity index (χ2v) is 9.82. The normalized spacial score (nSPS) is 16.5. The topological polar surface area (TPSA) is 61.4 Å². The van der Waals surface area contributed by atoms with Crippen molar-refractivity contribution in [2.24, 2.45) is 0 Å². The second-order valence-electron chi connectivity index (χ2n) is 9.82. The van der Waals surface area contributed by atoms with Crippen LogP contribution in [0, 0.1) is 0 Å². The molecule has 0 aliphatic carbocycles. The van der Waals surface area contributed by atoms with Crippen molar-refractivity contribution in [2.75, 3.05) is 28.2 Å². The molecule has 0 spiro atoms. The SMILES string of the molecule is O=C(Nc1cccc(-c2ccc(C(F)(F)F)cn2)c1)N1c2nc(-c3cccc(C(F)(F)F)c3)ccc2N2CC[C@H]1C2. The van der Waals surface area contributed by atoms with Crippen molar-refractivity contribution in [2.45, 2.75) is 24.8 Å². The maximum Gasteiger partial charge on any atom is 0.417 e. The van der Waals surface area contributed by atoms with Crippen molar-refractivity contribution in [1.82, 2.24) is 9.97 Å². The molecule has 2 bridgehead atoms. The van der Waals surface area contributed by atoms with Gasteiger partial charge >= 0.3 is 18.4 Å². The lowest BCUT2D eigenvalue weighted by atomic mass is 10.1. The minimum Gasteiger partial charge on any atom is -0.366 e. The highest BCUT2D eigenvalue weighted by atomic mass is 19.4. The first-order valence-electron chi connectivity index (χ1n) is 12.6. The number of carbonyl (C=O) groups excluding carboxylic acids is 1. The molecule has 2 aliphatic heterocycles. The smallest absolute Gasteiger partial charge is 0.366 e. The van der Waals surface area contributed by atoms with Crippen molar-refractivity contribution < 1.29 is 31.1 Å². The first kappa shape index (κ1) is 26.6. The van der Waals surface area contributed by atoms with Gasteiger partial charge < -0.3 is 10.2 Å². The van der Waals surface area contributed by atoms with E-state index in [2.05, 4.69) is 20.2 Å². The molecular formula is C29H21F6N5O. The standard InChI is InChI=1S/C29H21F6N5O/c30-28(31,32)19-5-1-3-17(13-19)24-9-10-25-26(38-24)40(22-11-12-39(25)16-22)27(41)37-21-6-2-4-18(14-21)23-8-7-20(15-36-23)29(33,34)35/h1-10,13-15,22H,11-12,16H2,(H,37,41)/t22-/m0/s1. The molecule has 2 aliphatic rings. The number of alkyl halides is 6. The van der Waals surface area contributed by atoms with Crippen molar-refractivity contribution in [1.29, 1.82) is 0 Å². The number of aromatic nitrogens is 2. The van der Waals surface area contributed by atoms with Gasteiger partial charge in [0.2, 0.25) is 0 Å². The number of urea groups is 1. The first-order chi connectivity index (χ1) is 19.5. The summed E-state index contributed by atoms with van der Waals surface area (Å²) in [4.78, 5) is 25.8. The Kier molecular flexibility index (Phi) is 6.35. The van der Waals surface area contributed by atoms with Gasteiger partial charge in [0.25, 0.3) is 0 Å². The number of nitrogens with one attached hydrogen (secondary N) is 1. The van der Waals surface area contributed by atoms with Crippen LogP contribution in [0.3, 0.4) is 0 Å². The van der Waals surface area contributed by atoms with Crippen LogP contribution in [0.25, 0.3) is 22.5 Å². The quantitative estimate of drug-likeness (QED) is 0.260. The highest BCUT2D eigenvalue weighted by Crippen LogP contribution is 2.41. The Bertz CT molecular complexity index is 1620. The summed E-state index contributed by atoms with van der Waals surface area (Å²) >= 11 is 0. The van der Waals surface area contributed by atoms with Gasteiger partial charge in [-0.05, 0) is 55.0 Å². The Labute approximate surface area is 230 Å². The van der Waals surface area contributed by atoms with Gasteiger partial charge in [0.1, 0.15) is 0 Å². The summed E-state index contributed by atoms with van der Waals surface area (Å²) in [7, 11) is 0. The molecule has 1 fully saturated rings. The molecule has 1 atom stereocenters. The number of pyridine rings is 2. The number of nitrogens with zero attached hydrogens (tertiary/aromatic N) is 4. The van der Waals surface area contributed by atoms with Gasteiger partial charge in [-0.15, -0.1) is 0 Å². The fraction of sp³-hybridized carbons (Fsp3) is 0.207. The number of fused-ring (bicyclic) bond motifs is 4. The van der Waals surface area contributed by atoms with Crippen LogP contribution in [-0.4, -0.2) is 35.1 Å². The van der Waals surface area contributed by atoms with Gasteiger partial charge in [0.15, 0.2) is 5.82 Å². The van der Waals surface area contributed by atoms with Crippen LogP contribution < -0.4 is 15.1 Å². The number of amides is 2. The third-order valence-electron chi connectivity index (χ3n) is 7.16. The second kappa shape index (κ2) is 9.79. The number of hydrogen-bond donors (Lipinski definition) is 1. The summed E-state index contributed by atoms with van der Waals surface area (Å²) in [5.41, 5.74) is 0.812. The molecule has 41 heavy (non-hydrogen) atoms. The Morgan fingerprint density at radius 1 is 0.829 bits per heavy atom. The Balaban J connectivity index is 1.29. The van der Waals surface area contributed by atoms with Crippen LogP contribution in [0.1, 0.15) is 17.5 Å². The molecule has 2 aromatic carbocycles. The maximum atomic E-state index is 13.6. The number of anilines is 3. The molecule has 1 saturated heterocycles. The van der Waals surface area contributed by atoms with Crippen LogP contribution in [0.15, 0.2) is 79.0 Å². The molecule has 4 aromatic rings. The summed E-state index contributed by atoms with van der Waals surface area (Å²) in [6, 6.07) is 16.3. The fourth-order valence-electron chi connectivity index (χ4n) is 5.16. The number of halogens is 6. The molecule has 0 radical (unpaired) electrons. The van der Waals surface area contributed by atoms with Crippen LogP contribution >= 0.6 is 0 Å². The molecule has 12 heteroatoms. The van der Waals surface area contributed by atoms with E-state index in [-0.39, 0.29) is 11.6 Å². The number of carbonyl (C=O) groups is 1. The zero-order valence-corrected chi connectivity index (χ0v) is 21.2. The molecule has 1 N–H and O–H groups in total. The minimum absolute atomic E-state index is 0.202. The van der Waals surface area contributed by atoms with E-state index in [4.69, 9.17) is 0 Å². The molecule has 2 amide bonds. The van der Waals surface area contributed by atoms with Gasteiger partial charge in [0, 0.05) is 36.1 Å². The van der Waals surface area contributed by atoms with Crippen LogP contribution in [-0.2, 0) is 12.4 Å². The summed E-state index contributed by atoms with van der Waals surface area (Å²) in [6.45, 7) is 1.28. The van der Waals surface area contributed by atoms with E-state index < -0.39 is 29.5 Å². The van der Waals surface area contributed by atoms with Gasteiger partial charge in [-0.2, -0.15) is 26.3 Å². The highest BCUT2D eigenvalue weighted by molar-refractivity contribution is 6.05. The van der Waals surface area contributed by atoms with Crippen molar-refractivity contribution in [3.05, 3.63) is 90.1 Å². The van der Waals surface area contributed by atoms with Crippen molar-refractivity contribution >= 4 is 23.2 Å². The van der Waals surface area contributed by atoms with E-state index in [1.807, 2.05) is 0 Å². The summed E-state index contributed by atoms with van der Waals surface area (Å²) in [6.07, 6.45) is -7.58. The summed E-state index contributed by atoms with van der Waals surface area (Å²) in [5.74, 6) is 0.340. The highest BCUT2D eigenvalue weighted by Gasteiger charge is 2.40. The lowest BCUT2D eigenvalue weighted by Crippen LogP contribution is -2.48. The third kappa shape index (κ3) is 5.17. The van der Waals surface area contributed by atoms with Crippen molar-refractivity contribution in [3.8, 4) is 22.5 Å². The predicted molar refractivity (Wildman–Crippen MR) is 141 cm³/mol. The van der Waals surface area contributed by atoms with E-state index in [1.165, 1.54) is 23.1 Å². The van der Waals surface area contributed by atoms with E-state index in [0.717, 1.165) is 24.4 Å². The van der Waals surface area contributed by atoms with Gasteiger partial charge in [-0.1, -0.05) is 24.3 Å². The largest absolute Gasteiger partial charge is 0.417 e. The molecule has 0 saturated carbocycles. The minimum atomic E-state index is -4.51. The molecule has 210 valence electrons. The van der Waals surface area contributed by atoms with Crippen LogP contribution in [0.5, 0.6) is 0 Å². The summed E-state index contributed by atoms with van der Waals surface area (Å²) in [5, 5.41) is 2.84. The van der Waals surface area contributed by atoms with Gasteiger partial charge in [-0.25, -0.2) is 9.78 Å². The number of rotatable bonds is 3. The number of benzene rings is 2. The zero-order chi connectivity index (χ0) is 28.9. The van der Waals surface area contributed by atoms with E-state index in [0.29, 0.717) is 53.7 Å². The fourth-order valence-corrected chi connectivity index (χ4v) is 5.16. The Hall–Kier alpha value is -4.61. The van der Waals surface area contributed by atoms with Crippen LogP contribution in [0.2, 0.25) is 0 Å². The predicted octanol–water partition coefficient (Wildman–Crippen LogP) is 7.48. The van der Waals surface area contributed by atoms with E-state index in [9.17, 15) is 31.1 Å². The monoisotopic (exact) mass is 569 g/mol. The molecular weight excluding hydrogens is 548 g/mol. The Morgan fingerprint density at radius 3 is 2.24 bits per heavy atom. The van der Waals surface area contributed by atoms with E-state index >= 15 is 0 Å². The van der Waals surface area contributed by atoms with Gasteiger partial charge in [-0.3, -0.25) is 9.88 Å². The van der Waals surface area contributed by atoms with Crippen LogP contribution in [0.4, 0.5) is 48.3 Å². The lowest BCUT2D eigenvalue weighted by Gasteiger charge is -2.36. The van der Waals surface area contributed by atoms with Gasteiger partial charge in [0.05, 0.1) is 34.2 Å². The lowest BCUT2D eigenvalue weighted by molar-refractivity contribution is -0.138. The molecule has 2 aromatic heterocycles. The maximum absolute atomic E-state index is 13.6. The first-order valence-corrected chi connectivity index (χ1v) is 12.6. The van der Waals surface area contributed by atoms with Crippen molar-refractivity contribution in [3.63, 3.8) is 0 Å². The Morgan fingerprint density at radius 2 is 1.54 bits per heavy atom. The third-order valence-corrected chi connectivity index (χ3v) is 7.16. The van der Waals surface area contributed by atoms with E-state index in [1.54, 1.807) is 36.4 Å². The average Bonchev–Trinajstić information content (AvgIpc) is 3.36. The molecule has 6 rings (SSSR count). The molecule has 6 nitrogen and oxygen atoms in total. The molecule has 4 heterocycles. The summed E-state index contributed by atoms with van der Waals surface area (Å²) < 4.78 is 78.7. The molecule has 0 unspecified atom stereocenters. The average molecular weight is 570 g/mol. The number of hydrogen-bond acceptors (Lipinski definition) is 4. The zero-order valence-electron chi connectivity index (χ0n) is 21.2.